The fourth-order valence-electron chi connectivity index (χ4n) is 11.1. The van der Waals surface area contributed by atoms with Gasteiger partial charge in [-0.15, -0.1) is 0 Å². The Hall–Kier alpha value is -6.33. The number of amides is 2. The van der Waals surface area contributed by atoms with Crippen LogP contribution in [-0.4, -0.2) is 209 Å². The van der Waals surface area contributed by atoms with Crippen LogP contribution in [0.1, 0.15) is 67.8 Å². The van der Waals surface area contributed by atoms with Crippen LogP contribution in [0.25, 0.3) is 22.3 Å². The number of aromatic nitrogens is 3. The van der Waals surface area contributed by atoms with Crippen LogP contribution in [0.2, 0.25) is 5.02 Å². The van der Waals surface area contributed by atoms with Crippen LogP contribution in [0.4, 0.5) is 11.8 Å². The Bertz CT molecular complexity index is 2990. The molecule has 2 atom stereocenters. The fourth-order valence-corrected chi connectivity index (χ4v) is 11.3. The summed E-state index contributed by atoms with van der Waals surface area (Å²) in [6, 6.07) is 25.7. The molecule has 1 aliphatic carbocycles. The summed E-state index contributed by atoms with van der Waals surface area (Å²) < 4.78 is 68.4. The van der Waals surface area contributed by atoms with E-state index in [-0.39, 0.29) is 46.9 Å². The van der Waals surface area contributed by atoms with E-state index in [1.165, 1.54) is 0 Å². The van der Waals surface area contributed by atoms with Gasteiger partial charge in [0, 0.05) is 59.3 Å². The number of pyridine rings is 1. The second-order valence-corrected chi connectivity index (χ2v) is 23.0. The number of carbonyl (C=O) groups excluding carboxylic acids is 2. The third kappa shape index (κ3) is 19.1. The zero-order chi connectivity index (χ0) is 61.4. The molecular formula is C64H85ClN8O14. The molecule has 22 nitrogen and oxygen atoms in total. The zero-order valence-corrected chi connectivity index (χ0v) is 51.8. The second-order valence-electron chi connectivity index (χ2n) is 22.6. The largest absolute Gasteiger partial charge is 0.491 e. The number of ether oxygens (including phenoxy) is 12. The van der Waals surface area contributed by atoms with Crippen LogP contribution in [0.15, 0.2) is 78.9 Å². The van der Waals surface area contributed by atoms with Crippen molar-refractivity contribution in [3.8, 4) is 28.8 Å². The molecule has 1 saturated carbocycles. The van der Waals surface area contributed by atoms with Crippen molar-refractivity contribution in [2.24, 2.45) is 10.8 Å². The molecule has 5 aromatic rings. The van der Waals surface area contributed by atoms with E-state index in [2.05, 4.69) is 68.0 Å². The summed E-state index contributed by atoms with van der Waals surface area (Å²) >= 11 is 6.23. The molecule has 2 aliphatic heterocycles. The summed E-state index contributed by atoms with van der Waals surface area (Å²) in [5, 5.41) is 16.6. The lowest BCUT2D eigenvalue weighted by Crippen LogP contribution is -2.74. The molecule has 2 aromatic heterocycles. The first-order valence-electron chi connectivity index (χ1n) is 30.0. The minimum absolute atomic E-state index is 0.125. The monoisotopic (exact) mass is 1220 g/mol. The molecule has 87 heavy (non-hydrogen) atoms. The number of nitrogens with zero attached hydrogens (tertiary/aromatic N) is 6. The fraction of sp³-hybridized carbons (Fsp3) is 0.562. The molecule has 472 valence electrons. The Labute approximate surface area is 515 Å². The summed E-state index contributed by atoms with van der Waals surface area (Å²) in [4.78, 5) is 46.0. The first-order valence-corrected chi connectivity index (χ1v) is 30.4. The van der Waals surface area contributed by atoms with Crippen molar-refractivity contribution in [3.05, 3.63) is 101 Å². The Morgan fingerprint density at radius 1 is 0.621 bits per heavy atom. The minimum Gasteiger partial charge on any atom is -0.491 e. The van der Waals surface area contributed by atoms with E-state index < -0.39 is 0 Å². The number of morpholine rings is 2. The number of rotatable bonds is 36. The van der Waals surface area contributed by atoms with Gasteiger partial charge in [-0.3, -0.25) is 9.59 Å². The Balaban J connectivity index is 0.568. The summed E-state index contributed by atoms with van der Waals surface area (Å²) in [7, 11) is 0. The first-order chi connectivity index (χ1) is 42.2. The summed E-state index contributed by atoms with van der Waals surface area (Å²) in [5.41, 5.74) is 2.82. The third-order valence-electron chi connectivity index (χ3n) is 15.4. The van der Waals surface area contributed by atoms with Crippen molar-refractivity contribution in [1.82, 2.24) is 25.6 Å². The Morgan fingerprint density at radius 2 is 1.16 bits per heavy atom. The predicted molar refractivity (Wildman–Crippen MR) is 328 cm³/mol. The molecule has 3 aromatic carbocycles. The number of hydrogen-bond donors (Lipinski definition) is 2. The van der Waals surface area contributed by atoms with Gasteiger partial charge in [0.1, 0.15) is 36.1 Å². The molecule has 23 heteroatoms. The highest BCUT2D eigenvalue weighted by Crippen LogP contribution is 2.55. The molecule has 3 aliphatic rings. The third-order valence-corrected chi connectivity index (χ3v) is 15.7. The first kappa shape index (κ1) is 66.6. The standard InChI is InChI=1S/C64H85ClN8O14/c1-45-43-84-22-19-72(45)57-53-16-17-55(68-56(53)69-62(70-57)73-20-23-85-44-46(73)2)48-8-7-9-49(40-48)58(74)67-18-21-76-24-25-77-26-27-78-28-29-79-30-31-80-32-33-81-34-35-82-36-37-83-38-39-86-51-13-10-47(11-14-51)59(75)71-60-63(3,4)61(64(60,5)6)87-52-15-12-50(42-66)54(65)41-52/h7-17,40-41,45-46,60-61H,18-39,43-44H2,1-6H3,(H,67,74)(H,71,75)/t45-,46-,60?,61?/m1/s1. The lowest BCUT2D eigenvalue weighted by molar-refractivity contribution is -0.164. The number of fused-ring (bicyclic) bond motifs is 1. The maximum absolute atomic E-state index is 13.3. The van der Waals surface area contributed by atoms with Crippen molar-refractivity contribution in [2.45, 2.75) is 65.8 Å². The average Bonchev–Trinajstić information content (AvgIpc) is 0.741. The molecule has 2 saturated heterocycles. The maximum atomic E-state index is 13.3. The zero-order valence-electron chi connectivity index (χ0n) is 51.1. The summed E-state index contributed by atoms with van der Waals surface area (Å²) in [5.74, 6) is 2.32. The molecule has 2 amide bonds. The molecule has 0 bridgehead atoms. The van der Waals surface area contributed by atoms with Gasteiger partial charge in [-0.1, -0.05) is 51.4 Å². The highest BCUT2D eigenvalue weighted by atomic mass is 35.5. The van der Waals surface area contributed by atoms with E-state index in [9.17, 15) is 14.9 Å². The lowest BCUT2D eigenvalue weighted by atomic mass is 9.49. The molecule has 8 rings (SSSR count). The average molecular weight is 1230 g/mol. The van der Waals surface area contributed by atoms with E-state index >= 15 is 0 Å². The molecule has 0 spiro atoms. The predicted octanol–water partition coefficient (Wildman–Crippen LogP) is 7.22. The lowest BCUT2D eigenvalue weighted by Gasteiger charge is -2.63. The highest BCUT2D eigenvalue weighted by Gasteiger charge is 2.64. The quantitative estimate of drug-likeness (QED) is 0.0376. The molecule has 2 N–H and O–H groups in total. The van der Waals surface area contributed by atoms with Gasteiger partial charge in [0.25, 0.3) is 11.8 Å². The molecule has 4 heterocycles. The number of nitriles is 1. The highest BCUT2D eigenvalue weighted by molar-refractivity contribution is 6.31. The van der Waals surface area contributed by atoms with Crippen LogP contribution in [0.5, 0.6) is 11.5 Å². The van der Waals surface area contributed by atoms with Crippen LogP contribution in [-0.2, 0) is 47.4 Å². The minimum atomic E-state index is -0.371. The van der Waals surface area contributed by atoms with E-state index in [1.807, 2.05) is 30.3 Å². The van der Waals surface area contributed by atoms with Gasteiger partial charge in [0.2, 0.25) is 5.95 Å². The van der Waals surface area contributed by atoms with Crippen molar-refractivity contribution in [3.63, 3.8) is 0 Å². The van der Waals surface area contributed by atoms with Crippen molar-refractivity contribution >= 4 is 46.2 Å². The van der Waals surface area contributed by atoms with Gasteiger partial charge in [0.15, 0.2) is 5.65 Å². The molecule has 3 fully saturated rings. The SMILES string of the molecule is C[C@@H]1COCCN1c1nc(N2CCOC[C@H]2C)c2ccc(-c3cccc(C(=O)NCCOCCOCCOCCOCCOCCOCCOCCOCCOc4ccc(C(=O)NC5C(C)(C)C(Oc6ccc(C#N)c(Cl)c6)C5(C)C)cc4)c3)nc2n1. The van der Waals surface area contributed by atoms with E-state index in [0.717, 1.165) is 23.3 Å². The van der Waals surface area contributed by atoms with Crippen molar-refractivity contribution in [1.29, 1.82) is 5.26 Å². The van der Waals surface area contributed by atoms with Crippen LogP contribution < -0.4 is 29.9 Å². The normalized spacial score (nSPS) is 18.9. The summed E-state index contributed by atoms with van der Waals surface area (Å²) in [6.07, 6.45) is -0.198. The van der Waals surface area contributed by atoms with E-state index in [1.54, 1.807) is 48.5 Å². The number of halogens is 1. The second kappa shape index (κ2) is 33.9. The van der Waals surface area contributed by atoms with Gasteiger partial charge in [-0.2, -0.15) is 15.2 Å². The molecule has 0 radical (unpaired) electrons. The number of nitrogens with one attached hydrogen (secondary N) is 2. The van der Waals surface area contributed by atoms with Gasteiger partial charge in [-0.25, -0.2) is 4.98 Å². The van der Waals surface area contributed by atoms with E-state index in [0.29, 0.717) is 202 Å². The molecule has 0 unspecified atom stereocenters. The Kier molecular flexibility index (Phi) is 25.9. The molecular weight excluding hydrogens is 1140 g/mol. The van der Waals surface area contributed by atoms with Gasteiger partial charge < -0.3 is 77.3 Å². The topological polar surface area (TPSA) is 238 Å². The van der Waals surface area contributed by atoms with E-state index in [4.69, 9.17) is 83.4 Å². The van der Waals surface area contributed by atoms with Gasteiger partial charge in [0.05, 0.1) is 166 Å². The van der Waals surface area contributed by atoms with Gasteiger partial charge >= 0.3 is 0 Å². The van der Waals surface area contributed by atoms with Crippen molar-refractivity contribution < 1.29 is 66.4 Å². The number of anilines is 2. The van der Waals surface area contributed by atoms with Crippen LogP contribution in [0, 0.1) is 22.2 Å². The van der Waals surface area contributed by atoms with Crippen molar-refractivity contribution in [2.75, 3.05) is 168 Å². The van der Waals surface area contributed by atoms with Gasteiger partial charge in [-0.05, 0) is 74.5 Å². The van der Waals surface area contributed by atoms with Crippen LogP contribution in [0.3, 0.4) is 0 Å². The summed E-state index contributed by atoms with van der Waals surface area (Å²) in [6.45, 7) is 24.0. The number of benzene rings is 3. The smallest absolute Gasteiger partial charge is 0.251 e. The number of hydrogen-bond acceptors (Lipinski definition) is 20. The van der Waals surface area contributed by atoms with Crippen LogP contribution >= 0.6 is 11.6 Å². The number of carbonyl (C=O) groups is 2. The maximum Gasteiger partial charge on any atom is 0.251 e. The Morgan fingerprint density at radius 3 is 1.71 bits per heavy atom.